The molecule has 1 heterocycles. The van der Waals surface area contributed by atoms with Crippen LogP contribution in [-0.4, -0.2) is 41.4 Å². The second-order valence-electron chi connectivity index (χ2n) is 6.00. The normalized spacial score (nSPS) is 12.4. The summed E-state index contributed by atoms with van der Waals surface area (Å²) in [6, 6.07) is 8.46. The lowest BCUT2D eigenvalue weighted by atomic mass is 10.1. The Morgan fingerprint density at radius 2 is 1.67 bits per heavy atom. The fourth-order valence-electron chi connectivity index (χ4n) is 2.32. The van der Waals surface area contributed by atoms with Gasteiger partial charge in [-0.25, -0.2) is 18.4 Å². The molecule has 2 aromatic rings. The molecule has 2 aromatic carbocycles. The van der Waals surface area contributed by atoms with Crippen LogP contribution in [0.4, 0.5) is 14.5 Å². The summed E-state index contributed by atoms with van der Waals surface area (Å²) in [5.74, 6) is -4.50. The van der Waals surface area contributed by atoms with Gasteiger partial charge in [0.2, 0.25) is 12.7 Å². The molecule has 30 heavy (non-hydrogen) atoms. The quantitative estimate of drug-likeness (QED) is 0.537. The van der Waals surface area contributed by atoms with E-state index >= 15 is 0 Å². The van der Waals surface area contributed by atoms with Gasteiger partial charge >= 0.3 is 11.9 Å². The minimum atomic E-state index is -1.82. The molecule has 4 N–H and O–H groups in total. The fraction of sp³-hybridized carbons (Fsp3) is 0.211. The van der Waals surface area contributed by atoms with Gasteiger partial charge < -0.3 is 30.3 Å². The molecule has 9 nitrogen and oxygen atoms in total. The van der Waals surface area contributed by atoms with Gasteiger partial charge in [-0.15, -0.1) is 0 Å². The second kappa shape index (κ2) is 10.2. The average molecular weight is 424 g/mol. The van der Waals surface area contributed by atoms with E-state index in [1.807, 2.05) is 0 Å². The Balaban J connectivity index is 0.000000469. The van der Waals surface area contributed by atoms with E-state index in [0.29, 0.717) is 22.7 Å². The number of nitrogens with one attached hydrogen (secondary N) is 2. The first-order valence-electron chi connectivity index (χ1n) is 8.51. The zero-order chi connectivity index (χ0) is 22.3. The Kier molecular flexibility index (Phi) is 7.64. The summed E-state index contributed by atoms with van der Waals surface area (Å²) >= 11 is 0. The van der Waals surface area contributed by atoms with Crippen LogP contribution < -0.4 is 20.1 Å². The summed E-state index contributed by atoms with van der Waals surface area (Å²) < 4.78 is 36.6. The number of carboxylic acid groups (broad SMARTS) is 2. The maximum Gasteiger partial charge on any atom is 0.414 e. The second-order valence-corrected chi connectivity index (χ2v) is 6.00. The number of carbonyl (C=O) groups is 3. The minimum Gasteiger partial charge on any atom is -0.473 e. The highest BCUT2D eigenvalue weighted by Gasteiger charge is 2.15. The molecule has 0 aliphatic carbocycles. The maximum atomic E-state index is 13.2. The summed E-state index contributed by atoms with van der Waals surface area (Å²) in [5, 5.41) is 20.5. The van der Waals surface area contributed by atoms with Crippen molar-refractivity contribution in [3.05, 3.63) is 53.6 Å². The van der Waals surface area contributed by atoms with Crippen LogP contribution in [0.1, 0.15) is 18.5 Å². The number of aliphatic carboxylic acids is 2. The molecule has 3 rings (SSSR count). The van der Waals surface area contributed by atoms with Crippen LogP contribution in [0.25, 0.3) is 0 Å². The molecule has 1 aliphatic rings. The number of ether oxygens (including phenoxy) is 2. The lowest BCUT2D eigenvalue weighted by Gasteiger charge is -2.14. The Morgan fingerprint density at radius 1 is 1.00 bits per heavy atom. The summed E-state index contributed by atoms with van der Waals surface area (Å²) in [5.41, 5.74) is 1.15. The van der Waals surface area contributed by atoms with Crippen molar-refractivity contribution in [3.63, 3.8) is 0 Å². The molecule has 0 aromatic heterocycles. The zero-order valence-electron chi connectivity index (χ0n) is 15.6. The Labute approximate surface area is 169 Å². The van der Waals surface area contributed by atoms with Crippen LogP contribution in [-0.2, 0) is 14.4 Å². The van der Waals surface area contributed by atoms with Gasteiger partial charge in [-0.3, -0.25) is 4.79 Å². The highest BCUT2D eigenvalue weighted by atomic mass is 19.2. The maximum absolute atomic E-state index is 13.2. The molecule has 1 aliphatic heterocycles. The predicted molar refractivity (Wildman–Crippen MR) is 99.2 cm³/mol. The van der Waals surface area contributed by atoms with Crippen molar-refractivity contribution < 1.29 is 42.9 Å². The summed E-state index contributed by atoms with van der Waals surface area (Å²) in [6.45, 7) is 1.95. The zero-order valence-corrected chi connectivity index (χ0v) is 15.6. The van der Waals surface area contributed by atoms with E-state index in [0.717, 1.165) is 12.1 Å². The largest absolute Gasteiger partial charge is 0.473 e. The highest BCUT2D eigenvalue weighted by Crippen LogP contribution is 2.34. The number of rotatable bonds is 5. The van der Waals surface area contributed by atoms with Gasteiger partial charge in [0.25, 0.3) is 0 Å². The van der Waals surface area contributed by atoms with Crippen LogP contribution in [0.5, 0.6) is 11.5 Å². The summed E-state index contributed by atoms with van der Waals surface area (Å²) in [4.78, 5) is 30.2. The molecule has 0 fully saturated rings. The molecule has 11 heteroatoms. The third kappa shape index (κ3) is 6.41. The fourth-order valence-corrected chi connectivity index (χ4v) is 2.32. The first-order valence-corrected chi connectivity index (χ1v) is 8.51. The lowest BCUT2D eigenvalue weighted by molar-refractivity contribution is -0.159. The topological polar surface area (TPSA) is 134 Å². The van der Waals surface area contributed by atoms with Crippen molar-refractivity contribution in [2.45, 2.75) is 13.0 Å². The first-order chi connectivity index (χ1) is 14.2. The Hall–Kier alpha value is -3.73. The standard InChI is InChI=1S/C17H16F2N2O3.C2H2O4/c1-10(11-2-4-13(18)14(19)6-11)20-8-17(22)21-12-3-5-15-16(7-12)24-9-23-15;3-1(4)2(5)6/h2-7,10,20H,8-9H2,1H3,(H,21,22);(H,3,4)(H,5,6). The van der Waals surface area contributed by atoms with E-state index in [1.165, 1.54) is 6.07 Å². The van der Waals surface area contributed by atoms with E-state index < -0.39 is 23.6 Å². The molecule has 1 unspecified atom stereocenters. The molecule has 0 spiro atoms. The molecule has 1 atom stereocenters. The van der Waals surface area contributed by atoms with Gasteiger partial charge in [0.1, 0.15) is 0 Å². The van der Waals surface area contributed by atoms with E-state index in [1.54, 1.807) is 25.1 Å². The van der Waals surface area contributed by atoms with Gasteiger partial charge in [0.05, 0.1) is 6.54 Å². The van der Waals surface area contributed by atoms with Gasteiger partial charge in [-0.2, -0.15) is 0 Å². The molecule has 0 saturated heterocycles. The SMILES string of the molecule is CC(NCC(=O)Nc1ccc2c(c1)OCO2)c1ccc(F)c(F)c1.O=C(O)C(=O)O. The average Bonchev–Trinajstić information content (AvgIpc) is 3.16. The van der Waals surface area contributed by atoms with Crippen molar-refractivity contribution in [2.75, 3.05) is 18.7 Å². The number of carboxylic acids is 2. The van der Waals surface area contributed by atoms with Crippen LogP contribution in [0.2, 0.25) is 0 Å². The van der Waals surface area contributed by atoms with E-state index in [4.69, 9.17) is 29.3 Å². The number of hydrogen-bond donors (Lipinski definition) is 4. The first kappa shape index (κ1) is 22.6. The molecular weight excluding hydrogens is 406 g/mol. The van der Waals surface area contributed by atoms with Crippen molar-refractivity contribution >= 4 is 23.5 Å². The van der Waals surface area contributed by atoms with Crippen molar-refractivity contribution in [1.29, 1.82) is 0 Å². The van der Waals surface area contributed by atoms with E-state index in [-0.39, 0.29) is 25.3 Å². The van der Waals surface area contributed by atoms with Crippen molar-refractivity contribution in [1.82, 2.24) is 5.32 Å². The Morgan fingerprint density at radius 3 is 2.30 bits per heavy atom. The molecule has 1 amide bonds. The number of fused-ring (bicyclic) bond motifs is 1. The predicted octanol–water partition coefficient (Wildman–Crippen LogP) is 2.14. The molecule has 0 bridgehead atoms. The van der Waals surface area contributed by atoms with Crippen molar-refractivity contribution in [3.8, 4) is 11.5 Å². The summed E-state index contributed by atoms with van der Waals surface area (Å²) in [7, 11) is 0. The summed E-state index contributed by atoms with van der Waals surface area (Å²) in [6.07, 6.45) is 0. The van der Waals surface area contributed by atoms with Crippen LogP contribution in [0.3, 0.4) is 0 Å². The number of halogens is 2. The van der Waals surface area contributed by atoms with Crippen LogP contribution >= 0.6 is 0 Å². The monoisotopic (exact) mass is 424 g/mol. The third-order valence-electron chi connectivity index (χ3n) is 3.85. The molecule has 0 radical (unpaired) electrons. The number of amides is 1. The number of anilines is 1. The molecular formula is C19H18F2N2O7. The van der Waals surface area contributed by atoms with Crippen LogP contribution in [0.15, 0.2) is 36.4 Å². The molecule has 0 saturated carbocycles. The van der Waals surface area contributed by atoms with E-state index in [9.17, 15) is 13.6 Å². The number of carbonyl (C=O) groups excluding carboxylic acids is 1. The van der Waals surface area contributed by atoms with Gasteiger partial charge in [0, 0.05) is 17.8 Å². The van der Waals surface area contributed by atoms with Gasteiger partial charge in [-0.05, 0) is 36.8 Å². The lowest BCUT2D eigenvalue weighted by Crippen LogP contribution is -2.30. The minimum absolute atomic E-state index is 0.0224. The van der Waals surface area contributed by atoms with Gasteiger partial charge in [-0.1, -0.05) is 6.07 Å². The molecule has 160 valence electrons. The Bertz CT molecular complexity index is 940. The van der Waals surface area contributed by atoms with Crippen molar-refractivity contribution in [2.24, 2.45) is 0 Å². The third-order valence-corrected chi connectivity index (χ3v) is 3.85. The van der Waals surface area contributed by atoms with Crippen LogP contribution in [0, 0.1) is 11.6 Å². The van der Waals surface area contributed by atoms with E-state index in [2.05, 4.69) is 10.6 Å². The smallest absolute Gasteiger partial charge is 0.414 e. The van der Waals surface area contributed by atoms with Gasteiger partial charge in [0.15, 0.2) is 23.1 Å². The number of hydrogen-bond acceptors (Lipinski definition) is 6. The highest BCUT2D eigenvalue weighted by molar-refractivity contribution is 6.27. The number of benzene rings is 2.